The van der Waals surface area contributed by atoms with Crippen molar-refractivity contribution < 1.29 is 9.90 Å². The lowest BCUT2D eigenvalue weighted by atomic mass is 10.1. The van der Waals surface area contributed by atoms with E-state index in [1.165, 1.54) is 6.20 Å². The van der Waals surface area contributed by atoms with Crippen LogP contribution in [0.25, 0.3) is 0 Å². The predicted octanol–water partition coefficient (Wildman–Crippen LogP) is 3.18. The molecule has 6 heteroatoms. The normalized spacial score (nSPS) is 10.5. The number of aromatic hydroxyl groups is 1. The number of amides is 1. The highest BCUT2D eigenvalue weighted by Crippen LogP contribution is 2.19. The van der Waals surface area contributed by atoms with Gasteiger partial charge in [0.2, 0.25) is 0 Å². The van der Waals surface area contributed by atoms with Gasteiger partial charge in [0.15, 0.2) is 0 Å². The molecule has 0 aliphatic carbocycles. The first-order valence-corrected chi connectivity index (χ1v) is 7.84. The molecule has 0 bridgehead atoms. The molecule has 2 rings (SSSR count). The molecule has 1 aromatic heterocycles. The lowest BCUT2D eigenvalue weighted by Gasteiger charge is -2.23. The monoisotopic (exact) mass is 334 g/mol. The van der Waals surface area contributed by atoms with Gasteiger partial charge in [-0.2, -0.15) is 0 Å². The zero-order valence-corrected chi connectivity index (χ0v) is 13.6. The van der Waals surface area contributed by atoms with Crippen LogP contribution in [-0.2, 0) is 6.54 Å². The van der Waals surface area contributed by atoms with Crippen molar-refractivity contribution in [3.8, 4) is 5.75 Å². The van der Waals surface area contributed by atoms with Crippen molar-refractivity contribution in [1.29, 1.82) is 0 Å². The maximum absolute atomic E-state index is 12.7. The lowest BCUT2D eigenvalue weighted by Crippen LogP contribution is -2.32. The molecular formula is C17H19ClN2O3. The summed E-state index contributed by atoms with van der Waals surface area (Å²) in [7, 11) is 0. The van der Waals surface area contributed by atoms with E-state index in [1.54, 1.807) is 17.0 Å². The van der Waals surface area contributed by atoms with E-state index in [4.69, 9.17) is 11.6 Å². The van der Waals surface area contributed by atoms with Crippen molar-refractivity contribution in [2.75, 3.05) is 6.54 Å². The van der Waals surface area contributed by atoms with Crippen LogP contribution in [-0.4, -0.2) is 27.4 Å². The predicted molar refractivity (Wildman–Crippen MR) is 89.8 cm³/mol. The Morgan fingerprint density at radius 2 is 2.13 bits per heavy atom. The summed E-state index contributed by atoms with van der Waals surface area (Å²) < 4.78 is 0. The van der Waals surface area contributed by atoms with Crippen molar-refractivity contribution in [2.45, 2.75) is 26.3 Å². The molecule has 0 aliphatic heterocycles. The number of halogens is 1. The maximum Gasteiger partial charge on any atom is 0.259 e. The maximum atomic E-state index is 12.7. The van der Waals surface area contributed by atoms with Crippen molar-refractivity contribution in [2.24, 2.45) is 0 Å². The van der Waals surface area contributed by atoms with Gasteiger partial charge < -0.3 is 15.0 Å². The Morgan fingerprint density at radius 1 is 1.35 bits per heavy atom. The van der Waals surface area contributed by atoms with Crippen molar-refractivity contribution >= 4 is 17.5 Å². The smallest absolute Gasteiger partial charge is 0.259 e. The van der Waals surface area contributed by atoms with E-state index in [1.807, 2.05) is 19.1 Å². The van der Waals surface area contributed by atoms with Crippen molar-refractivity contribution in [1.82, 2.24) is 9.88 Å². The summed E-state index contributed by atoms with van der Waals surface area (Å²) in [6, 6.07) is 8.31. The minimum absolute atomic E-state index is 0.0859. The molecule has 0 spiro atoms. The molecule has 0 saturated carbocycles. The largest absolute Gasteiger partial charge is 0.507 e. The number of rotatable bonds is 6. The average molecular weight is 335 g/mol. The molecule has 1 amide bonds. The van der Waals surface area contributed by atoms with Crippen LogP contribution in [0.1, 0.15) is 35.7 Å². The second-order valence-electron chi connectivity index (χ2n) is 5.31. The number of carbonyl (C=O) groups excluding carboxylic acids is 1. The molecule has 23 heavy (non-hydrogen) atoms. The number of carbonyl (C=O) groups is 1. The number of aromatic amines is 1. The number of benzene rings is 1. The fourth-order valence-electron chi connectivity index (χ4n) is 2.26. The van der Waals surface area contributed by atoms with Gasteiger partial charge in [0.25, 0.3) is 11.5 Å². The highest BCUT2D eigenvalue weighted by molar-refractivity contribution is 6.30. The van der Waals surface area contributed by atoms with Gasteiger partial charge in [-0.1, -0.05) is 37.1 Å². The van der Waals surface area contributed by atoms with E-state index in [9.17, 15) is 14.7 Å². The SMILES string of the molecule is CCCCN(Cc1cccc(Cl)c1)C(=O)c1c[nH]c(=O)cc1O. The summed E-state index contributed by atoms with van der Waals surface area (Å²) in [5.41, 5.74) is 0.544. The molecule has 2 N–H and O–H groups in total. The van der Waals surface area contributed by atoms with Crippen LogP contribution in [0.5, 0.6) is 5.75 Å². The van der Waals surface area contributed by atoms with E-state index >= 15 is 0 Å². The first-order chi connectivity index (χ1) is 11.0. The number of nitrogens with one attached hydrogen (secondary N) is 1. The van der Waals surface area contributed by atoms with Gasteiger partial charge in [-0.25, -0.2) is 0 Å². The Bertz CT molecular complexity index is 743. The molecular weight excluding hydrogens is 316 g/mol. The summed E-state index contributed by atoms with van der Waals surface area (Å²) in [5, 5.41) is 10.5. The summed E-state index contributed by atoms with van der Waals surface area (Å²) >= 11 is 5.99. The van der Waals surface area contributed by atoms with E-state index in [-0.39, 0.29) is 17.2 Å². The molecule has 122 valence electrons. The second-order valence-corrected chi connectivity index (χ2v) is 5.74. The second kappa shape index (κ2) is 7.83. The van der Waals surface area contributed by atoms with Gasteiger partial charge >= 0.3 is 0 Å². The third kappa shape index (κ3) is 4.60. The number of pyridine rings is 1. The van der Waals surface area contributed by atoms with Crippen LogP contribution in [0.4, 0.5) is 0 Å². The standard InChI is InChI=1S/C17H19ClN2O3/c1-2-3-7-20(11-12-5-4-6-13(18)8-12)17(23)14-10-19-16(22)9-15(14)21/h4-6,8-10H,2-3,7,11H2,1H3,(H2,19,21,22). The van der Waals surface area contributed by atoms with Crippen molar-refractivity contribution in [3.63, 3.8) is 0 Å². The molecule has 0 unspecified atom stereocenters. The summed E-state index contributed by atoms with van der Waals surface area (Å²) in [6.07, 6.45) is 3.03. The van der Waals surface area contributed by atoms with Gasteiger partial charge in [0, 0.05) is 30.4 Å². The van der Waals surface area contributed by atoms with E-state index in [0.717, 1.165) is 24.5 Å². The molecule has 1 heterocycles. The Kier molecular flexibility index (Phi) is 5.82. The third-order valence-electron chi connectivity index (χ3n) is 3.46. The van der Waals surface area contributed by atoms with Crippen LogP contribution >= 0.6 is 11.6 Å². The zero-order valence-electron chi connectivity index (χ0n) is 12.9. The number of hydrogen-bond donors (Lipinski definition) is 2. The minimum Gasteiger partial charge on any atom is -0.507 e. The molecule has 0 saturated heterocycles. The molecule has 0 atom stereocenters. The van der Waals surface area contributed by atoms with Crippen LogP contribution in [0.3, 0.4) is 0 Å². The number of hydrogen-bond acceptors (Lipinski definition) is 3. The average Bonchev–Trinajstić information content (AvgIpc) is 2.51. The zero-order chi connectivity index (χ0) is 16.8. The van der Waals surface area contributed by atoms with Gasteiger partial charge in [-0.15, -0.1) is 0 Å². The fourth-order valence-corrected chi connectivity index (χ4v) is 2.47. The highest BCUT2D eigenvalue weighted by Gasteiger charge is 2.19. The molecule has 2 aromatic rings. The molecule has 1 aromatic carbocycles. The van der Waals surface area contributed by atoms with Gasteiger partial charge in [-0.3, -0.25) is 9.59 Å². The number of nitrogens with zero attached hydrogens (tertiary/aromatic N) is 1. The van der Waals surface area contributed by atoms with Crippen LogP contribution in [0, 0.1) is 0 Å². The lowest BCUT2D eigenvalue weighted by molar-refractivity contribution is 0.0737. The Morgan fingerprint density at radius 3 is 2.78 bits per heavy atom. The third-order valence-corrected chi connectivity index (χ3v) is 3.70. The molecule has 0 radical (unpaired) electrons. The molecule has 0 fully saturated rings. The van der Waals surface area contributed by atoms with Crippen molar-refractivity contribution in [3.05, 3.63) is 63.0 Å². The number of aromatic nitrogens is 1. The van der Waals surface area contributed by atoms with Crippen LogP contribution in [0.15, 0.2) is 41.3 Å². The van der Waals surface area contributed by atoms with Crippen LogP contribution in [0.2, 0.25) is 5.02 Å². The quantitative estimate of drug-likeness (QED) is 0.852. The Balaban J connectivity index is 2.26. The first-order valence-electron chi connectivity index (χ1n) is 7.46. The van der Waals surface area contributed by atoms with Gasteiger partial charge in [-0.05, 0) is 24.1 Å². The van der Waals surface area contributed by atoms with E-state index in [2.05, 4.69) is 4.98 Å². The fraction of sp³-hybridized carbons (Fsp3) is 0.294. The number of H-pyrrole nitrogens is 1. The summed E-state index contributed by atoms with van der Waals surface area (Å²) in [4.78, 5) is 27.9. The minimum atomic E-state index is -0.450. The topological polar surface area (TPSA) is 73.4 Å². The van der Waals surface area contributed by atoms with Crippen LogP contribution < -0.4 is 5.56 Å². The van der Waals surface area contributed by atoms with Gasteiger partial charge in [0.1, 0.15) is 5.75 Å². The number of unbranched alkanes of at least 4 members (excludes halogenated alkanes) is 1. The van der Waals surface area contributed by atoms with E-state index < -0.39 is 5.56 Å². The van der Waals surface area contributed by atoms with Gasteiger partial charge in [0.05, 0.1) is 5.56 Å². The van der Waals surface area contributed by atoms with E-state index in [0.29, 0.717) is 18.1 Å². The summed E-state index contributed by atoms with van der Waals surface area (Å²) in [6.45, 7) is 2.98. The first kappa shape index (κ1) is 17.1. The molecule has 0 aliphatic rings. The Hall–Kier alpha value is -2.27. The highest BCUT2D eigenvalue weighted by atomic mass is 35.5. The molecule has 5 nitrogen and oxygen atoms in total. The Labute approximate surface area is 139 Å². The summed E-state index contributed by atoms with van der Waals surface area (Å²) in [5.74, 6) is -0.640.